The molecule has 1 fully saturated rings. The van der Waals surface area contributed by atoms with Crippen LogP contribution in [-0.4, -0.2) is 47.0 Å². The quantitative estimate of drug-likeness (QED) is 0.876. The zero-order valence-corrected chi connectivity index (χ0v) is 13.0. The second-order valence-electron chi connectivity index (χ2n) is 5.37. The molecular formula is C13H16ClN3O3S. The van der Waals surface area contributed by atoms with Crippen molar-refractivity contribution in [1.82, 2.24) is 14.3 Å². The van der Waals surface area contributed by atoms with E-state index in [-0.39, 0.29) is 17.4 Å². The molecule has 2 N–H and O–H groups in total. The number of aromatic amines is 1. The number of hydrogen-bond donors (Lipinski definition) is 2. The van der Waals surface area contributed by atoms with Crippen LogP contribution < -0.4 is 0 Å². The molecule has 3 heterocycles. The van der Waals surface area contributed by atoms with E-state index >= 15 is 0 Å². The molecule has 21 heavy (non-hydrogen) atoms. The maximum atomic E-state index is 12.8. The van der Waals surface area contributed by atoms with Crippen molar-refractivity contribution in [2.24, 2.45) is 5.92 Å². The second kappa shape index (κ2) is 5.24. The number of β-amino-alcohol motifs (C(OH)–C–C–N with tert-alkyl or cyclic N) is 1. The van der Waals surface area contributed by atoms with Crippen LogP contribution >= 0.6 is 11.6 Å². The van der Waals surface area contributed by atoms with Crippen LogP contribution in [0.15, 0.2) is 23.4 Å². The number of nitrogens with zero attached hydrogens (tertiary/aromatic N) is 2. The highest BCUT2D eigenvalue weighted by Gasteiger charge is 2.34. The van der Waals surface area contributed by atoms with Gasteiger partial charge in [-0.05, 0) is 18.4 Å². The van der Waals surface area contributed by atoms with E-state index in [1.54, 1.807) is 6.07 Å². The maximum Gasteiger partial charge on any atom is 0.245 e. The normalized spacial score (nSPS) is 24.5. The van der Waals surface area contributed by atoms with Gasteiger partial charge in [0.05, 0.1) is 16.5 Å². The Kier molecular flexibility index (Phi) is 3.69. The topological polar surface area (TPSA) is 86.3 Å². The van der Waals surface area contributed by atoms with Crippen LogP contribution in [-0.2, 0) is 10.0 Å². The molecule has 1 aliphatic heterocycles. The lowest BCUT2D eigenvalue weighted by molar-refractivity contribution is 0.0605. The van der Waals surface area contributed by atoms with Gasteiger partial charge in [0.15, 0.2) is 0 Å². The first-order valence-corrected chi connectivity index (χ1v) is 8.53. The van der Waals surface area contributed by atoms with Gasteiger partial charge in [0.2, 0.25) is 10.0 Å². The highest BCUT2D eigenvalue weighted by Crippen LogP contribution is 2.31. The second-order valence-corrected chi connectivity index (χ2v) is 7.68. The van der Waals surface area contributed by atoms with Gasteiger partial charge in [0.1, 0.15) is 10.5 Å². The lowest BCUT2D eigenvalue weighted by Gasteiger charge is -2.33. The molecule has 2 atom stereocenters. The molecule has 3 rings (SSSR count). The van der Waals surface area contributed by atoms with Crippen LogP contribution in [0.2, 0.25) is 5.02 Å². The molecule has 0 amide bonds. The number of sulfonamides is 1. The van der Waals surface area contributed by atoms with Crippen molar-refractivity contribution in [1.29, 1.82) is 0 Å². The first kappa shape index (κ1) is 14.8. The van der Waals surface area contributed by atoms with Gasteiger partial charge in [0, 0.05) is 25.5 Å². The van der Waals surface area contributed by atoms with Crippen LogP contribution in [0.1, 0.15) is 13.3 Å². The number of aromatic nitrogens is 2. The van der Waals surface area contributed by atoms with Crippen molar-refractivity contribution in [3.8, 4) is 0 Å². The molecule has 6 nitrogen and oxygen atoms in total. The lowest BCUT2D eigenvalue weighted by atomic mass is 9.98. The molecule has 0 aromatic carbocycles. The molecule has 114 valence electrons. The van der Waals surface area contributed by atoms with E-state index in [1.165, 1.54) is 16.7 Å². The number of rotatable bonds is 2. The Balaban J connectivity index is 2.05. The van der Waals surface area contributed by atoms with E-state index in [1.807, 2.05) is 6.92 Å². The summed E-state index contributed by atoms with van der Waals surface area (Å²) in [7, 11) is -3.71. The number of hydrogen-bond acceptors (Lipinski definition) is 4. The van der Waals surface area contributed by atoms with E-state index in [4.69, 9.17) is 11.6 Å². The fraction of sp³-hybridized carbons (Fsp3) is 0.462. The molecule has 0 aliphatic carbocycles. The monoisotopic (exact) mass is 329 g/mol. The molecule has 0 spiro atoms. The zero-order chi connectivity index (χ0) is 15.2. The van der Waals surface area contributed by atoms with Crippen molar-refractivity contribution in [2.45, 2.75) is 24.3 Å². The number of fused-ring (bicyclic) bond motifs is 1. The van der Waals surface area contributed by atoms with Crippen LogP contribution in [0.5, 0.6) is 0 Å². The van der Waals surface area contributed by atoms with Crippen molar-refractivity contribution >= 4 is 32.7 Å². The van der Waals surface area contributed by atoms with E-state index < -0.39 is 16.1 Å². The SMILES string of the molecule is CC1CCN(S(=O)(=O)c2c[nH]c3nccc(Cl)c23)CC1O. The smallest absolute Gasteiger partial charge is 0.245 e. The summed E-state index contributed by atoms with van der Waals surface area (Å²) in [6.45, 7) is 2.42. The van der Waals surface area contributed by atoms with Gasteiger partial charge >= 0.3 is 0 Å². The minimum Gasteiger partial charge on any atom is -0.391 e. The number of pyridine rings is 1. The molecule has 2 unspecified atom stereocenters. The number of halogens is 1. The average Bonchev–Trinajstić information content (AvgIpc) is 2.88. The van der Waals surface area contributed by atoms with Crippen LogP contribution in [0, 0.1) is 5.92 Å². The molecule has 2 aromatic heterocycles. The Morgan fingerprint density at radius 2 is 2.29 bits per heavy atom. The van der Waals surface area contributed by atoms with Crippen molar-refractivity contribution in [2.75, 3.05) is 13.1 Å². The predicted octanol–water partition coefficient (Wildman–Crippen LogP) is 1.61. The average molecular weight is 330 g/mol. The summed E-state index contributed by atoms with van der Waals surface area (Å²) in [5, 5.41) is 10.7. The largest absolute Gasteiger partial charge is 0.391 e. The summed E-state index contributed by atoms with van der Waals surface area (Å²) < 4.78 is 26.9. The van der Waals surface area contributed by atoms with E-state index in [2.05, 4.69) is 9.97 Å². The molecule has 1 aliphatic rings. The Bertz CT molecular complexity index is 774. The maximum absolute atomic E-state index is 12.8. The Labute approximate surface area is 127 Å². The van der Waals surface area contributed by atoms with Crippen LogP contribution in [0.25, 0.3) is 11.0 Å². The number of H-pyrrole nitrogens is 1. The van der Waals surface area contributed by atoms with Crippen molar-refractivity contribution in [3.63, 3.8) is 0 Å². The highest BCUT2D eigenvalue weighted by atomic mass is 35.5. The lowest BCUT2D eigenvalue weighted by Crippen LogP contribution is -2.45. The molecule has 8 heteroatoms. The Morgan fingerprint density at radius 1 is 1.52 bits per heavy atom. The molecule has 1 saturated heterocycles. The summed E-state index contributed by atoms with van der Waals surface area (Å²) >= 11 is 6.11. The standard InChI is InChI=1S/C13H16ClN3O3S/c1-8-3-5-17(7-10(8)18)21(19,20)11-6-16-13-12(11)9(14)2-4-15-13/h2,4,6,8,10,18H,3,5,7H2,1H3,(H,15,16). The van der Waals surface area contributed by atoms with Gasteiger partial charge in [-0.2, -0.15) is 4.31 Å². The minimum absolute atomic E-state index is 0.102. The Morgan fingerprint density at radius 3 is 3.00 bits per heavy atom. The zero-order valence-electron chi connectivity index (χ0n) is 11.5. The van der Waals surface area contributed by atoms with E-state index in [9.17, 15) is 13.5 Å². The summed E-state index contributed by atoms with van der Waals surface area (Å²) in [4.78, 5) is 7.01. The third kappa shape index (κ3) is 2.44. The van der Waals surface area contributed by atoms with Crippen molar-refractivity contribution < 1.29 is 13.5 Å². The Hall–Kier alpha value is -1.15. The fourth-order valence-electron chi connectivity index (χ4n) is 2.57. The summed E-state index contributed by atoms with van der Waals surface area (Å²) in [5.41, 5.74) is 0.437. The number of aliphatic hydroxyl groups is 1. The first-order chi connectivity index (χ1) is 9.91. The van der Waals surface area contributed by atoms with Crippen LogP contribution in [0.4, 0.5) is 0 Å². The molecule has 0 radical (unpaired) electrons. The molecule has 0 saturated carbocycles. The number of aliphatic hydroxyl groups excluding tert-OH is 1. The van der Waals surface area contributed by atoms with Gasteiger partial charge in [-0.3, -0.25) is 0 Å². The van der Waals surface area contributed by atoms with Crippen molar-refractivity contribution in [3.05, 3.63) is 23.5 Å². The third-order valence-electron chi connectivity index (χ3n) is 3.99. The van der Waals surface area contributed by atoms with E-state index in [0.29, 0.717) is 29.0 Å². The molecule has 0 bridgehead atoms. The summed E-state index contributed by atoms with van der Waals surface area (Å²) in [6, 6.07) is 1.56. The summed E-state index contributed by atoms with van der Waals surface area (Å²) in [5.74, 6) is 0.102. The number of nitrogens with one attached hydrogen (secondary N) is 1. The van der Waals surface area contributed by atoms with Gasteiger partial charge in [-0.1, -0.05) is 18.5 Å². The van der Waals surface area contributed by atoms with E-state index in [0.717, 1.165) is 0 Å². The fourth-order valence-corrected chi connectivity index (χ4v) is 4.52. The van der Waals surface area contributed by atoms with Gasteiger partial charge < -0.3 is 10.1 Å². The van der Waals surface area contributed by atoms with Gasteiger partial charge in [-0.25, -0.2) is 13.4 Å². The van der Waals surface area contributed by atoms with Gasteiger partial charge in [0.25, 0.3) is 0 Å². The third-order valence-corrected chi connectivity index (χ3v) is 6.19. The minimum atomic E-state index is -3.71. The first-order valence-electron chi connectivity index (χ1n) is 6.71. The van der Waals surface area contributed by atoms with Gasteiger partial charge in [-0.15, -0.1) is 0 Å². The summed E-state index contributed by atoms with van der Waals surface area (Å²) in [6.07, 6.45) is 2.91. The number of piperidine rings is 1. The highest BCUT2D eigenvalue weighted by molar-refractivity contribution is 7.89. The predicted molar refractivity (Wildman–Crippen MR) is 79.7 cm³/mol. The van der Waals surface area contributed by atoms with Crippen LogP contribution in [0.3, 0.4) is 0 Å². The molecule has 2 aromatic rings. The molecular weight excluding hydrogens is 314 g/mol.